The van der Waals surface area contributed by atoms with Crippen LogP contribution in [0.2, 0.25) is 0 Å². The molecule has 3 heterocycles. The molecule has 0 aromatic carbocycles. The number of nitrogens with zero attached hydrogens (tertiary/aromatic N) is 3. The minimum Gasteiger partial charge on any atom is -0.337 e. The van der Waals surface area contributed by atoms with Crippen LogP contribution in [0.1, 0.15) is 41.7 Å². The van der Waals surface area contributed by atoms with Gasteiger partial charge in [0.05, 0.1) is 0 Å². The van der Waals surface area contributed by atoms with Crippen LogP contribution in [0.3, 0.4) is 0 Å². The van der Waals surface area contributed by atoms with E-state index in [1.807, 2.05) is 40.8 Å². The average Bonchev–Trinajstić information content (AvgIpc) is 2.67. The van der Waals surface area contributed by atoms with Crippen molar-refractivity contribution >= 4 is 11.6 Å². The maximum Gasteiger partial charge on any atom is 0.274 e. The predicted octanol–water partition coefficient (Wildman–Crippen LogP) is 2.66. The van der Waals surface area contributed by atoms with Crippen molar-refractivity contribution in [3.8, 4) is 0 Å². The number of aromatic nitrogens is 2. The van der Waals surface area contributed by atoms with Crippen molar-refractivity contribution in [3.63, 3.8) is 0 Å². The zero-order valence-electron chi connectivity index (χ0n) is 11.3. The standard InChI is InChI=1S/C15H19N3O/c1-12-7-6-10-18-11-13(16-14(12)18)15(19)17-8-4-2-3-5-9-17/h6-7,10-11H,2-5,8-9H2,1H3. The molecule has 3 rings (SSSR count). The molecule has 4 nitrogen and oxygen atoms in total. The Morgan fingerprint density at radius 1 is 1.21 bits per heavy atom. The molecule has 0 atom stereocenters. The van der Waals surface area contributed by atoms with Gasteiger partial charge in [0, 0.05) is 25.5 Å². The van der Waals surface area contributed by atoms with Gasteiger partial charge in [-0.05, 0) is 31.4 Å². The van der Waals surface area contributed by atoms with E-state index in [9.17, 15) is 4.79 Å². The van der Waals surface area contributed by atoms with Crippen LogP contribution in [0.15, 0.2) is 24.5 Å². The fraction of sp³-hybridized carbons (Fsp3) is 0.467. The highest BCUT2D eigenvalue weighted by Gasteiger charge is 2.20. The Balaban J connectivity index is 1.90. The summed E-state index contributed by atoms with van der Waals surface area (Å²) in [6, 6.07) is 3.99. The van der Waals surface area contributed by atoms with Gasteiger partial charge < -0.3 is 9.30 Å². The lowest BCUT2D eigenvalue weighted by molar-refractivity contribution is 0.0756. The van der Waals surface area contributed by atoms with Crippen LogP contribution in [0.5, 0.6) is 0 Å². The first kappa shape index (κ1) is 12.2. The predicted molar refractivity (Wildman–Crippen MR) is 74.3 cm³/mol. The molecule has 1 aliphatic heterocycles. The number of carbonyl (C=O) groups excluding carboxylic acids is 1. The number of fused-ring (bicyclic) bond motifs is 1. The highest BCUT2D eigenvalue weighted by Crippen LogP contribution is 2.15. The third kappa shape index (κ3) is 2.35. The lowest BCUT2D eigenvalue weighted by Gasteiger charge is -2.18. The number of rotatable bonds is 1. The minimum absolute atomic E-state index is 0.0741. The van der Waals surface area contributed by atoms with Crippen LogP contribution in [-0.2, 0) is 0 Å². The normalized spacial score (nSPS) is 16.6. The number of amides is 1. The number of carbonyl (C=O) groups is 1. The average molecular weight is 257 g/mol. The van der Waals surface area contributed by atoms with Gasteiger partial charge in [0.2, 0.25) is 0 Å². The molecule has 4 heteroatoms. The van der Waals surface area contributed by atoms with Crippen LogP contribution < -0.4 is 0 Å². The summed E-state index contributed by atoms with van der Waals surface area (Å²) in [5.74, 6) is 0.0741. The highest BCUT2D eigenvalue weighted by molar-refractivity contribution is 5.93. The van der Waals surface area contributed by atoms with E-state index in [4.69, 9.17) is 0 Å². The van der Waals surface area contributed by atoms with Crippen LogP contribution in [0.25, 0.3) is 5.65 Å². The van der Waals surface area contributed by atoms with Crippen molar-refractivity contribution in [2.75, 3.05) is 13.1 Å². The molecule has 1 fully saturated rings. The number of aryl methyl sites for hydroxylation is 1. The largest absolute Gasteiger partial charge is 0.337 e. The van der Waals surface area contributed by atoms with E-state index >= 15 is 0 Å². The second-order valence-corrected chi connectivity index (χ2v) is 5.25. The monoisotopic (exact) mass is 257 g/mol. The van der Waals surface area contributed by atoms with Gasteiger partial charge >= 0.3 is 0 Å². The lowest BCUT2D eigenvalue weighted by Crippen LogP contribution is -2.32. The van der Waals surface area contributed by atoms with Gasteiger partial charge in [-0.1, -0.05) is 18.9 Å². The Kier molecular flexibility index (Phi) is 3.23. The Morgan fingerprint density at radius 3 is 2.63 bits per heavy atom. The van der Waals surface area contributed by atoms with Crippen LogP contribution in [0, 0.1) is 6.92 Å². The van der Waals surface area contributed by atoms with Crippen LogP contribution >= 0.6 is 0 Å². The third-order valence-corrected chi connectivity index (χ3v) is 3.79. The summed E-state index contributed by atoms with van der Waals surface area (Å²) in [5, 5.41) is 0. The summed E-state index contributed by atoms with van der Waals surface area (Å²) in [6.45, 7) is 3.75. The Labute approximate surface area is 113 Å². The molecule has 0 N–H and O–H groups in total. The molecular formula is C15H19N3O. The fourth-order valence-corrected chi connectivity index (χ4v) is 2.69. The van der Waals surface area contributed by atoms with Gasteiger partial charge in [-0.25, -0.2) is 4.98 Å². The van der Waals surface area contributed by atoms with E-state index in [2.05, 4.69) is 4.98 Å². The van der Waals surface area contributed by atoms with Crippen molar-refractivity contribution in [1.29, 1.82) is 0 Å². The van der Waals surface area contributed by atoms with E-state index < -0.39 is 0 Å². The number of hydrogen-bond acceptors (Lipinski definition) is 2. The van der Waals surface area contributed by atoms with Crippen molar-refractivity contribution < 1.29 is 4.79 Å². The SMILES string of the molecule is Cc1cccn2cc(C(=O)N3CCCCCC3)nc12. The molecule has 0 radical (unpaired) electrons. The molecule has 0 bridgehead atoms. The zero-order valence-corrected chi connectivity index (χ0v) is 11.3. The second kappa shape index (κ2) is 5.03. The van der Waals surface area contributed by atoms with E-state index in [1.54, 1.807) is 0 Å². The van der Waals surface area contributed by atoms with E-state index in [0.717, 1.165) is 37.1 Å². The smallest absolute Gasteiger partial charge is 0.274 e. The second-order valence-electron chi connectivity index (χ2n) is 5.25. The summed E-state index contributed by atoms with van der Waals surface area (Å²) in [6.07, 6.45) is 8.46. The molecule has 1 saturated heterocycles. The first-order valence-electron chi connectivity index (χ1n) is 6.99. The summed E-state index contributed by atoms with van der Waals surface area (Å²) in [4.78, 5) is 18.9. The molecule has 1 aliphatic rings. The number of hydrogen-bond donors (Lipinski definition) is 0. The van der Waals surface area contributed by atoms with Gasteiger partial charge in [-0.3, -0.25) is 4.79 Å². The summed E-state index contributed by atoms with van der Waals surface area (Å²) in [7, 11) is 0. The number of likely N-dealkylation sites (tertiary alicyclic amines) is 1. The molecule has 0 spiro atoms. The van der Waals surface area contributed by atoms with Crippen molar-refractivity contribution in [2.24, 2.45) is 0 Å². The van der Waals surface area contributed by atoms with Gasteiger partial charge in [0.25, 0.3) is 5.91 Å². The topological polar surface area (TPSA) is 37.6 Å². The first-order valence-corrected chi connectivity index (χ1v) is 6.99. The third-order valence-electron chi connectivity index (χ3n) is 3.79. The van der Waals surface area contributed by atoms with Crippen LogP contribution in [-0.4, -0.2) is 33.3 Å². The Hall–Kier alpha value is -1.84. The summed E-state index contributed by atoms with van der Waals surface area (Å²) >= 11 is 0. The number of pyridine rings is 1. The van der Waals surface area contributed by atoms with Gasteiger partial charge in [0.1, 0.15) is 11.3 Å². The van der Waals surface area contributed by atoms with Gasteiger partial charge in [0.15, 0.2) is 0 Å². The summed E-state index contributed by atoms with van der Waals surface area (Å²) in [5.41, 5.74) is 2.54. The highest BCUT2D eigenvalue weighted by atomic mass is 16.2. The Morgan fingerprint density at radius 2 is 1.95 bits per heavy atom. The van der Waals surface area contributed by atoms with E-state index in [-0.39, 0.29) is 5.91 Å². The molecule has 2 aromatic rings. The first-order chi connectivity index (χ1) is 9.25. The molecular weight excluding hydrogens is 238 g/mol. The van der Waals surface area contributed by atoms with Crippen LogP contribution in [0.4, 0.5) is 0 Å². The quantitative estimate of drug-likeness (QED) is 0.787. The lowest BCUT2D eigenvalue weighted by atomic mass is 10.2. The molecule has 0 unspecified atom stereocenters. The molecule has 2 aromatic heterocycles. The molecule has 0 aliphatic carbocycles. The summed E-state index contributed by atoms with van der Waals surface area (Å²) < 4.78 is 1.93. The maximum absolute atomic E-state index is 12.5. The fourth-order valence-electron chi connectivity index (χ4n) is 2.69. The molecule has 19 heavy (non-hydrogen) atoms. The van der Waals surface area contributed by atoms with E-state index in [0.29, 0.717) is 5.69 Å². The van der Waals surface area contributed by atoms with Crippen molar-refractivity contribution in [3.05, 3.63) is 35.8 Å². The molecule has 0 saturated carbocycles. The zero-order chi connectivity index (χ0) is 13.2. The molecule has 1 amide bonds. The van der Waals surface area contributed by atoms with Gasteiger partial charge in [-0.2, -0.15) is 0 Å². The number of imidazole rings is 1. The van der Waals surface area contributed by atoms with Gasteiger partial charge in [-0.15, -0.1) is 0 Å². The maximum atomic E-state index is 12.5. The van der Waals surface area contributed by atoms with E-state index in [1.165, 1.54) is 12.8 Å². The van der Waals surface area contributed by atoms with Crippen molar-refractivity contribution in [1.82, 2.24) is 14.3 Å². The minimum atomic E-state index is 0.0741. The Bertz CT molecular complexity index is 594. The molecule has 100 valence electrons. The van der Waals surface area contributed by atoms with Crippen molar-refractivity contribution in [2.45, 2.75) is 32.6 Å².